The second-order valence-corrected chi connectivity index (χ2v) is 5.46. The van der Waals surface area contributed by atoms with E-state index in [-0.39, 0.29) is 19.0 Å². The second-order valence-electron chi connectivity index (χ2n) is 5.46. The zero-order valence-electron chi connectivity index (χ0n) is 11.0. The summed E-state index contributed by atoms with van der Waals surface area (Å²) in [6.07, 6.45) is -0.472. The number of aliphatic hydroxyl groups is 1. The van der Waals surface area contributed by atoms with Gasteiger partial charge < -0.3 is 14.7 Å². The quantitative estimate of drug-likeness (QED) is 0.464. The molecule has 0 aromatic rings. The molecule has 1 amide bonds. The summed E-state index contributed by atoms with van der Waals surface area (Å²) >= 11 is 0. The van der Waals surface area contributed by atoms with Crippen LogP contribution in [0.15, 0.2) is 5.11 Å². The van der Waals surface area contributed by atoms with Crippen molar-refractivity contribution in [2.45, 2.75) is 38.9 Å². The van der Waals surface area contributed by atoms with Crippen LogP contribution in [0.1, 0.15) is 27.2 Å². The summed E-state index contributed by atoms with van der Waals surface area (Å²) in [5, 5.41) is 13.3. The summed E-state index contributed by atoms with van der Waals surface area (Å²) in [6, 6.07) is 0. The Kier molecular flexibility index (Phi) is 4.81. The molecule has 0 spiro atoms. The molecule has 1 saturated heterocycles. The van der Waals surface area contributed by atoms with E-state index in [1.807, 2.05) is 0 Å². The lowest BCUT2D eigenvalue weighted by Crippen LogP contribution is -2.48. The Labute approximate surface area is 106 Å². The molecule has 1 fully saturated rings. The van der Waals surface area contributed by atoms with Crippen LogP contribution in [0.5, 0.6) is 0 Å². The Hall–Kier alpha value is -1.46. The molecule has 1 aliphatic heterocycles. The van der Waals surface area contributed by atoms with Gasteiger partial charge in [-0.25, -0.2) is 4.79 Å². The molecular formula is C11H20N4O3. The van der Waals surface area contributed by atoms with Crippen molar-refractivity contribution in [3.63, 3.8) is 0 Å². The molecule has 2 atom stereocenters. The molecule has 0 aliphatic carbocycles. The molecular weight excluding hydrogens is 236 g/mol. The summed E-state index contributed by atoms with van der Waals surface area (Å²) in [5.41, 5.74) is 7.71. The van der Waals surface area contributed by atoms with Crippen LogP contribution in [0, 0.1) is 5.92 Å². The minimum Gasteiger partial charge on any atom is -0.444 e. The van der Waals surface area contributed by atoms with Crippen LogP contribution in [0.3, 0.4) is 0 Å². The first-order valence-corrected chi connectivity index (χ1v) is 6.00. The van der Waals surface area contributed by atoms with E-state index in [2.05, 4.69) is 10.0 Å². The highest BCUT2D eigenvalue weighted by atomic mass is 16.6. The number of hydrogen-bond acceptors (Lipinski definition) is 4. The van der Waals surface area contributed by atoms with Gasteiger partial charge in [-0.1, -0.05) is 5.11 Å². The fraction of sp³-hybridized carbons (Fsp3) is 0.909. The Morgan fingerprint density at radius 3 is 2.78 bits per heavy atom. The monoisotopic (exact) mass is 256 g/mol. The third-order valence-electron chi connectivity index (χ3n) is 2.75. The standard InChI is InChI=1S/C11H20N4O3/c1-11(2,3)18-10(17)15-5-4-8(6-13-14-12)9(16)7-15/h8-9,16H,4-7H2,1-3H3/t8-,9-/m0/s1. The summed E-state index contributed by atoms with van der Waals surface area (Å²) in [6.45, 7) is 6.40. The SMILES string of the molecule is CC(C)(C)OC(=O)N1CC[C@@H](CN=[N+]=[N-])[C@@H](O)C1. The van der Waals surface area contributed by atoms with Gasteiger partial charge in [-0.2, -0.15) is 0 Å². The van der Waals surface area contributed by atoms with Crippen LogP contribution in [0.4, 0.5) is 4.79 Å². The fourth-order valence-corrected chi connectivity index (χ4v) is 1.83. The molecule has 0 unspecified atom stereocenters. The predicted octanol–water partition coefficient (Wildman–Crippen LogP) is 1.91. The number of aliphatic hydroxyl groups excluding tert-OH is 1. The first kappa shape index (κ1) is 14.6. The van der Waals surface area contributed by atoms with Crippen LogP contribution in [0.25, 0.3) is 10.4 Å². The zero-order chi connectivity index (χ0) is 13.8. The first-order valence-electron chi connectivity index (χ1n) is 6.00. The topological polar surface area (TPSA) is 98.5 Å². The summed E-state index contributed by atoms with van der Waals surface area (Å²) in [5.74, 6) is -0.0837. The van der Waals surface area contributed by atoms with Crippen molar-refractivity contribution in [1.82, 2.24) is 4.90 Å². The molecule has 1 N–H and O–H groups in total. The van der Waals surface area contributed by atoms with Crippen molar-refractivity contribution in [3.8, 4) is 0 Å². The number of hydrogen-bond donors (Lipinski definition) is 1. The molecule has 1 heterocycles. The van der Waals surface area contributed by atoms with Crippen molar-refractivity contribution in [2.24, 2.45) is 11.0 Å². The van der Waals surface area contributed by atoms with Crippen LogP contribution in [0.2, 0.25) is 0 Å². The number of nitrogens with zero attached hydrogens (tertiary/aromatic N) is 4. The lowest BCUT2D eigenvalue weighted by molar-refractivity contribution is -0.0110. The Morgan fingerprint density at radius 2 is 2.28 bits per heavy atom. The van der Waals surface area contributed by atoms with Gasteiger partial charge in [-0.15, -0.1) is 0 Å². The minimum absolute atomic E-state index is 0.0837. The van der Waals surface area contributed by atoms with E-state index in [0.29, 0.717) is 13.0 Å². The molecule has 1 aliphatic rings. The number of piperidine rings is 1. The molecule has 0 saturated carbocycles. The van der Waals surface area contributed by atoms with Gasteiger partial charge in [0, 0.05) is 18.0 Å². The number of carbonyl (C=O) groups excluding carboxylic acids is 1. The third kappa shape index (κ3) is 4.43. The number of likely N-dealkylation sites (tertiary alicyclic amines) is 1. The highest BCUT2D eigenvalue weighted by Gasteiger charge is 2.31. The minimum atomic E-state index is -0.670. The maximum absolute atomic E-state index is 11.8. The highest BCUT2D eigenvalue weighted by Crippen LogP contribution is 2.20. The summed E-state index contributed by atoms with van der Waals surface area (Å²) < 4.78 is 5.24. The van der Waals surface area contributed by atoms with E-state index in [1.54, 1.807) is 20.8 Å². The predicted molar refractivity (Wildman–Crippen MR) is 65.9 cm³/mol. The van der Waals surface area contributed by atoms with Gasteiger partial charge in [-0.3, -0.25) is 0 Å². The number of amides is 1. The number of ether oxygens (including phenoxy) is 1. The van der Waals surface area contributed by atoms with E-state index in [1.165, 1.54) is 4.90 Å². The third-order valence-corrected chi connectivity index (χ3v) is 2.75. The average molecular weight is 256 g/mol. The molecule has 1 rings (SSSR count). The van der Waals surface area contributed by atoms with Crippen molar-refractivity contribution < 1.29 is 14.6 Å². The van der Waals surface area contributed by atoms with Crippen molar-refractivity contribution >= 4 is 6.09 Å². The van der Waals surface area contributed by atoms with Gasteiger partial charge in [0.1, 0.15) is 5.60 Å². The number of β-amino-alcohol motifs (C(OH)–C–C–N with tert-alkyl or cyclic N) is 1. The van der Waals surface area contributed by atoms with Crippen LogP contribution in [-0.2, 0) is 4.74 Å². The van der Waals surface area contributed by atoms with Crippen molar-refractivity contribution in [1.29, 1.82) is 0 Å². The lowest BCUT2D eigenvalue weighted by atomic mass is 9.94. The van der Waals surface area contributed by atoms with Gasteiger partial charge in [0.2, 0.25) is 0 Å². The number of rotatable bonds is 2. The molecule has 7 heteroatoms. The van der Waals surface area contributed by atoms with Crippen molar-refractivity contribution in [2.75, 3.05) is 19.6 Å². The van der Waals surface area contributed by atoms with Crippen molar-refractivity contribution in [3.05, 3.63) is 10.4 Å². The molecule has 0 bridgehead atoms. The van der Waals surface area contributed by atoms with Gasteiger partial charge in [0.05, 0.1) is 12.6 Å². The van der Waals surface area contributed by atoms with Gasteiger partial charge in [0.25, 0.3) is 0 Å². The average Bonchev–Trinajstić information content (AvgIpc) is 2.25. The molecule has 0 aromatic heterocycles. The van der Waals surface area contributed by atoms with Gasteiger partial charge in [0.15, 0.2) is 0 Å². The summed E-state index contributed by atoms with van der Waals surface area (Å²) in [4.78, 5) is 16.0. The van der Waals surface area contributed by atoms with Crippen LogP contribution < -0.4 is 0 Å². The van der Waals surface area contributed by atoms with E-state index >= 15 is 0 Å². The molecule has 102 valence electrons. The molecule has 7 nitrogen and oxygen atoms in total. The Bertz CT molecular complexity index is 347. The summed E-state index contributed by atoms with van der Waals surface area (Å²) in [7, 11) is 0. The van der Waals surface area contributed by atoms with Crippen LogP contribution >= 0.6 is 0 Å². The first-order chi connectivity index (χ1) is 8.33. The van der Waals surface area contributed by atoms with Gasteiger partial charge in [-0.05, 0) is 38.6 Å². The number of carbonyl (C=O) groups is 1. The van der Waals surface area contributed by atoms with Crippen LogP contribution in [-0.4, -0.2) is 47.4 Å². The van der Waals surface area contributed by atoms with E-state index in [9.17, 15) is 9.90 Å². The Morgan fingerprint density at radius 1 is 1.61 bits per heavy atom. The molecule has 0 radical (unpaired) electrons. The van der Waals surface area contributed by atoms with Gasteiger partial charge >= 0.3 is 6.09 Å². The smallest absolute Gasteiger partial charge is 0.410 e. The fourth-order valence-electron chi connectivity index (χ4n) is 1.83. The zero-order valence-corrected chi connectivity index (χ0v) is 11.0. The Balaban J connectivity index is 2.50. The number of azide groups is 1. The van der Waals surface area contributed by atoms with E-state index < -0.39 is 17.8 Å². The van der Waals surface area contributed by atoms with E-state index in [0.717, 1.165) is 0 Å². The maximum atomic E-state index is 11.8. The molecule has 0 aromatic carbocycles. The second kappa shape index (κ2) is 5.93. The highest BCUT2D eigenvalue weighted by molar-refractivity contribution is 5.68. The maximum Gasteiger partial charge on any atom is 0.410 e. The lowest BCUT2D eigenvalue weighted by Gasteiger charge is -2.36. The molecule has 18 heavy (non-hydrogen) atoms. The largest absolute Gasteiger partial charge is 0.444 e. The normalized spacial score (nSPS) is 24.3. The van der Waals surface area contributed by atoms with E-state index in [4.69, 9.17) is 10.3 Å².